The van der Waals surface area contributed by atoms with Crippen molar-refractivity contribution in [2.75, 3.05) is 6.61 Å². The summed E-state index contributed by atoms with van der Waals surface area (Å²) in [6.45, 7) is 5.43. The van der Waals surface area contributed by atoms with E-state index in [2.05, 4.69) is 10.1 Å². The number of nitrogens with one attached hydrogen (secondary N) is 1. The van der Waals surface area contributed by atoms with Crippen LogP contribution in [0.15, 0.2) is 0 Å². The third kappa shape index (κ3) is 3.95. The average Bonchev–Trinajstić information content (AvgIpc) is 2.03. The maximum atomic E-state index is 11.0. The minimum atomic E-state index is -0.535. The molecule has 0 spiro atoms. The Hall–Kier alpha value is -1.06. The second kappa shape index (κ2) is 5.57. The maximum Gasteiger partial charge on any atom is 0.407 e. The van der Waals surface area contributed by atoms with Crippen LogP contribution in [0.25, 0.3) is 0 Å². The molecule has 0 aromatic carbocycles. The molecule has 4 heteroatoms. The summed E-state index contributed by atoms with van der Waals surface area (Å²) in [4.78, 5) is 21.8. The summed E-state index contributed by atoms with van der Waals surface area (Å²) in [6, 6.07) is -0.450. The monoisotopic (exact) mass is 173 g/mol. The number of alkyl carbamates (subject to hydrolysis) is 1. The minimum absolute atomic E-state index is 0.00283. The zero-order chi connectivity index (χ0) is 9.56. The second-order valence-corrected chi connectivity index (χ2v) is 2.41. The predicted molar refractivity (Wildman–Crippen MR) is 44.9 cm³/mol. The van der Waals surface area contributed by atoms with E-state index in [9.17, 15) is 9.59 Å². The molecule has 0 saturated heterocycles. The SMILES string of the molecule is CCOC(=O)NC(C)C(=O)CC. The number of ketones is 1. The van der Waals surface area contributed by atoms with Gasteiger partial charge < -0.3 is 10.1 Å². The highest BCUT2D eigenvalue weighted by Crippen LogP contribution is 1.90. The summed E-state index contributed by atoms with van der Waals surface area (Å²) in [6.07, 6.45) is -0.111. The van der Waals surface area contributed by atoms with E-state index in [1.807, 2.05) is 0 Å². The molecule has 4 nitrogen and oxygen atoms in total. The van der Waals surface area contributed by atoms with Crippen molar-refractivity contribution in [3.05, 3.63) is 0 Å². The molecule has 70 valence electrons. The van der Waals surface area contributed by atoms with E-state index >= 15 is 0 Å². The number of ether oxygens (including phenoxy) is 1. The van der Waals surface area contributed by atoms with Crippen LogP contribution in [0.1, 0.15) is 27.2 Å². The Morgan fingerprint density at radius 1 is 1.42 bits per heavy atom. The molecular formula is C8H15NO3. The van der Waals surface area contributed by atoms with E-state index < -0.39 is 12.1 Å². The molecule has 0 rings (SSSR count). The van der Waals surface area contributed by atoms with Gasteiger partial charge in [-0.2, -0.15) is 0 Å². The molecule has 0 bridgehead atoms. The molecule has 1 unspecified atom stereocenters. The van der Waals surface area contributed by atoms with Crippen LogP contribution in [0, 0.1) is 0 Å². The highest BCUT2D eigenvalue weighted by Gasteiger charge is 2.13. The van der Waals surface area contributed by atoms with Gasteiger partial charge in [-0.3, -0.25) is 4.79 Å². The van der Waals surface area contributed by atoms with Gasteiger partial charge in [0, 0.05) is 6.42 Å². The van der Waals surface area contributed by atoms with Crippen molar-refractivity contribution in [3.63, 3.8) is 0 Å². The first-order valence-electron chi connectivity index (χ1n) is 4.07. The molecule has 0 aromatic rings. The summed E-state index contributed by atoms with van der Waals surface area (Å²) < 4.78 is 4.60. The first-order chi connectivity index (χ1) is 5.61. The van der Waals surface area contributed by atoms with Crippen LogP contribution >= 0.6 is 0 Å². The van der Waals surface area contributed by atoms with Crippen molar-refractivity contribution in [1.29, 1.82) is 0 Å². The number of hydrogen-bond donors (Lipinski definition) is 1. The number of rotatable bonds is 4. The number of amides is 1. The van der Waals surface area contributed by atoms with Gasteiger partial charge in [0.25, 0.3) is 0 Å². The Balaban J connectivity index is 3.75. The van der Waals surface area contributed by atoms with Gasteiger partial charge in [-0.1, -0.05) is 6.92 Å². The lowest BCUT2D eigenvalue weighted by Gasteiger charge is -2.10. The molecule has 0 aromatic heterocycles. The molecular weight excluding hydrogens is 158 g/mol. The molecule has 0 aliphatic rings. The third-order valence-electron chi connectivity index (χ3n) is 1.44. The van der Waals surface area contributed by atoms with Crippen molar-refractivity contribution in [2.45, 2.75) is 33.2 Å². The normalized spacial score (nSPS) is 11.9. The summed E-state index contributed by atoms with van der Waals surface area (Å²) in [5.74, 6) is 0.00283. The molecule has 1 atom stereocenters. The predicted octanol–water partition coefficient (Wildman–Crippen LogP) is 1.10. The topological polar surface area (TPSA) is 55.4 Å². The molecule has 0 saturated carbocycles. The quantitative estimate of drug-likeness (QED) is 0.692. The van der Waals surface area contributed by atoms with Gasteiger partial charge >= 0.3 is 6.09 Å². The molecule has 0 aliphatic carbocycles. The van der Waals surface area contributed by atoms with Crippen molar-refractivity contribution >= 4 is 11.9 Å². The van der Waals surface area contributed by atoms with Crippen molar-refractivity contribution in [3.8, 4) is 0 Å². The first-order valence-corrected chi connectivity index (χ1v) is 4.07. The Bertz CT molecular complexity index is 168. The van der Waals surface area contributed by atoms with Gasteiger partial charge in [-0.15, -0.1) is 0 Å². The Morgan fingerprint density at radius 2 is 2.00 bits per heavy atom. The van der Waals surface area contributed by atoms with Crippen LogP contribution < -0.4 is 5.32 Å². The largest absolute Gasteiger partial charge is 0.450 e. The second-order valence-electron chi connectivity index (χ2n) is 2.41. The van der Waals surface area contributed by atoms with Crippen LogP contribution in [0.2, 0.25) is 0 Å². The zero-order valence-electron chi connectivity index (χ0n) is 7.72. The van der Waals surface area contributed by atoms with E-state index in [-0.39, 0.29) is 5.78 Å². The first kappa shape index (κ1) is 10.9. The molecule has 0 heterocycles. The van der Waals surface area contributed by atoms with Gasteiger partial charge in [0.2, 0.25) is 0 Å². The fraction of sp³-hybridized carbons (Fsp3) is 0.750. The number of Topliss-reactive ketones (excluding diaryl/α,β-unsaturated/α-hetero) is 1. The van der Waals surface area contributed by atoms with E-state index in [4.69, 9.17) is 0 Å². The smallest absolute Gasteiger partial charge is 0.407 e. The van der Waals surface area contributed by atoms with E-state index in [1.54, 1.807) is 20.8 Å². The van der Waals surface area contributed by atoms with Crippen LogP contribution in [0.5, 0.6) is 0 Å². The van der Waals surface area contributed by atoms with Crippen LogP contribution in [-0.2, 0) is 9.53 Å². The van der Waals surface area contributed by atoms with Crippen molar-refractivity contribution in [1.82, 2.24) is 5.32 Å². The van der Waals surface area contributed by atoms with Gasteiger partial charge in [-0.25, -0.2) is 4.79 Å². The van der Waals surface area contributed by atoms with E-state index in [1.165, 1.54) is 0 Å². The zero-order valence-corrected chi connectivity index (χ0v) is 7.72. The average molecular weight is 173 g/mol. The molecule has 0 radical (unpaired) electrons. The Labute approximate surface area is 72.3 Å². The third-order valence-corrected chi connectivity index (χ3v) is 1.44. The van der Waals surface area contributed by atoms with Gasteiger partial charge in [-0.05, 0) is 13.8 Å². The Kier molecular flexibility index (Phi) is 5.08. The standard InChI is InChI=1S/C8H15NO3/c1-4-7(10)6(3)9-8(11)12-5-2/h6H,4-5H2,1-3H3,(H,9,11). The van der Waals surface area contributed by atoms with Crippen LogP contribution in [0.4, 0.5) is 4.79 Å². The summed E-state index contributed by atoms with van der Waals surface area (Å²) in [5.41, 5.74) is 0. The lowest BCUT2D eigenvalue weighted by Crippen LogP contribution is -2.38. The highest BCUT2D eigenvalue weighted by molar-refractivity contribution is 5.86. The lowest BCUT2D eigenvalue weighted by atomic mass is 10.2. The van der Waals surface area contributed by atoms with Crippen molar-refractivity contribution < 1.29 is 14.3 Å². The van der Waals surface area contributed by atoms with Gasteiger partial charge in [0.15, 0.2) is 5.78 Å². The minimum Gasteiger partial charge on any atom is -0.450 e. The number of carbonyl (C=O) groups excluding carboxylic acids is 2. The lowest BCUT2D eigenvalue weighted by molar-refractivity contribution is -0.120. The fourth-order valence-corrected chi connectivity index (χ4v) is 0.736. The van der Waals surface area contributed by atoms with Gasteiger partial charge in [0.05, 0.1) is 12.6 Å². The maximum absolute atomic E-state index is 11.0. The van der Waals surface area contributed by atoms with Gasteiger partial charge in [0.1, 0.15) is 0 Å². The summed E-state index contributed by atoms with van der Waals surface area (Å²) >= 11 is 0. The number of carbonyl (C=O) groups is 2. The van der Waals surface area contributed by atoms with Crippen LogP contribution in [0.3, 0.4) is 0 Å². The van der Waals surface area contributed by atoms with Crippen molar-refractivity contribution in [2.24, 2.45) is 0 Å². The van der Waals surface area contributed by atoms with E-state index in [0.717, 1.165) is 0 Å². The van der Waals surface area contributed by atoms with E-state index in [0.29, 0.717) is 13.0 Å². The number of hydrogen-bond acceptors (Lipinski definition) is 3. The van der Waals surface area contributed by atoms with Crippen LogP contribution in [-0.4, -0.2) is 24.5 Å². The summed E-state index contributed by atoms with van der Waals surface area (Å²) in [5, 5.41) is 2.42. The molecule has 0 aliphatic heterocycles. The summed E-state index contributed by atoms with van der Waals surface area (Å²) in [7, 11) is 0. The molecule has 1 amide bonds. The molecule has 0 fully saturated rings. The molecule has 1 N–H and O–H groups in total. The fourth-order valence-electron chi connectivity index (χ4n) is 0.736. The highest BCUT2D eigenvalue weighted by atomic mass is 16.5. The molecule has 12 heavy (non-hydrogen) atoms. The Morgan fingerprint density at radius 3 is 2.42 bits per heavy atom.